The average molecular weight is 365 g/mol. The van der Waals surface area contributed by atoms with E-state index in [-0.39, 0.29) is 5.82 Å². The molecule has 0 saturated heterocycles. The van der Waals surface area contributed by atoms with Crippen molar-refractivity contribution in [3.05, 3.63) is 78.6 Å². The van der Waals surface area contributed by atoms with Crippen molar-refractivity contribution in [2.45, 2.75) is 52.5 Å². The van der Waals surface area contributed by atoms with E-state index in [9.17, 15) is 4.39 Å². The smallest absolute Gasteiger partial charge is 0.205 e. The zero-order valence-electron chi connectivity index (χ0n) is 16.4. The largest absolute Gasteiger partial charge is 0.211 e. The first-order valence-corrected chi connectivity index (χ1v) is 9.94. The lowest BCUT2D eigenvalue weighted by Crippen LogP contribution is -2.32. The Labute approximate surface area is 161 Å². The molecular formula is C24H29FN2+2. The minimum absolute atomic E-state index is 0.213. The number of benzene rings is 1. The first-order chi connectivity index (χ1) is 13.2. The van der Waals surface area contributed by atoms with Crippen LogP contribution in [0.4, 0.5) is 4.39 Å². The van der Waals surface area contributed by atoms with Gasteiger partial charge in [0.2, 0.25) is 11.9 Å². The van der Waals surface area contributed by atoms with Crippen molar-refractivity contribution in [3.8, 4) is 16.8 Å². The highest BCUT2D eigenvalue weighted by Crippen LogP contribution is 2.20. The molecule has 1 aromatic carbocycles. The van der Waals surface area contributed by atoms with Crippen LogP contribution in [0, 0.1) is 12.7 Å². The molecule has 0 N–H and O–H groups in total. The number of aromatic nitrogens is 2. The molecule has 0 aliphatic rings. The highest BCUT2D eigenvalue weighted by molar-refractivity contribution is 5.61. The molecule has 0 spiro atoms. The van der Waals surface area contributed by atoms with Crippen LogP contribution in [0.15, 0.2) is 67.3 Å². The van der Waals surface area contributed by atoms with E-state index in [0.717, 1.165) is 17.8 Å². The lowest BCUT2D eigenvalue weighted by Gasteiger charge is -2.03. The Balaban J connectivity index is 1.68. The maximum atomic E-state index is 14.7. The fourth-order valence-electron chi connectivity index (χ4n) is 3.26. The van der Waals surface area contributed by atoms with E-state index in [1.165, 1.54) is 37.7 Å². The molecule has 2 aromatic heterocycles. The number of rotatable bonds is 8. The highest BCUT2D eigenvalue weighted by atomic mass is 19.1. The molecule has 0 aliphatic heterocycles. The molecule has 140 valence electrons. The molecule has 3 aromatic rings. The second-order valence-electron chi connectivity index (χ2n) is 7.19. The molecule has 0 unspecified atom stereocenters. The molecule has 27 heavy (non-hydrogen) atoms. The van der Waals surface area contributed by atoms with Crippen molar-refractivity contribution in [1.29, 1.82) is 0 Å². The van der Waals surface area contributed by atoms with Gasteiger partial charge in [-0.05, 0) is 18.9 Å². The van der Waals surface area contributed by atoms with Gasteiger partial charge >= 0.3 is 0 Å². The van der Waals surface area contributed by atoms with Crippen LogP contribution in [0.1, 0.15) is 44.6 Å². The van der Waals surface area contributed by atoms with E-state index in [0.29, 0.717) is 5.56 Å². The van der Waals surface area contributed by atoms with Gasteiger partial charge < -0.3 is 0 Å². The summed E-state index contributed by atoms with van der Waals surface area (Å²) in [6, 6.07) is 13.9. The molecule has 0 fully saturated rings. The Bertz CT molecular complexity index is 855. The SMILES string of the molecule is CCCCCCC[n+]1ccc(-c2cc[n+](-c3ccc(C)cc3)cc2F)cc1. The van der Waals surface area contributed by atoms with Crippen molar-refractivity contribution in [3.63, 3.8) is 0 Å². The fraction of sp³-hybridized carbons (Fsp3) is 0.333. The monoisotopic (exact) mass is 364 g/mol. The van der Waals surface area contributed by atoms with E-state index in [2.05, 4.69) is 23.9 Å². The molecule has 0 saturated carbocycles. The summed E-state index contributed by atoms with van der Waals surface area (Å²) in [4.78, 5) is 0. The van der Waals surface area contributed by atoms with Crippen LogP contribution in [0.25, 0.3) is 16.8 Å². The summed E-state index contributed by atoms with van der Waals surface area (Å²) < 4.78 is 18.7. The molecule has 3 heteroatoms. The van der Waals surface area contributed by atoms with Crippen molar-refractivity contribution < 1.29 is 13.5 Å². The minimum atomic E-state index is -0.213. The van der Waals surface area contributed by atoms with Crippen molar-refractivity contribution in [1.82, 2.24) is 0 Å². The number of halogens is 1. The van der Waals surface area contributed by atoms with Gasteiger partial charge in [-0.1, -0.05) is 43.9 Å². The van der Waals surface area contributed by atoms with Gasteiger partial charge in [-0.2, -0.15) is 8.96 Å². The Morgan fingerprint density at radius 2 is 1.52 bits per heavy atom. The maximum Gasteiger partial charge on any atom is 0.211 e. The quantitative estimate of drug-likeness (QED) is 0.377. The third kappa shape index (κ3) is 5.22. The minimum Gasteiger partial charge on any atom is -0.205 e. The molecule has 2 heterocycles. The molecule has 0 radical (unpaired) electrons. The summed E-state index contributed by atoms with van der Waals surface area (Å²) in [6.45, 7) is 5.30. The Hall–Kier alpha value is -2.55. The lowest BCUT2D eigenvalue weighted by atomic mass is 10.1. The summed E-state index contributed by atoms with van der Waals surface area (Å²) >= 11 is 0. The van der Waals surface area contributed by atoms with E-state index in [1.807, 2.05) is 60.2 Å². The van der Waals surface area contributed by atoms with E-state index in [1.54, 1.807) is 6.20 Å². The van der Waals surface area contributed by atoms with Crippen LogP contribution in [0.2, 0.25) is 0 Å². The Morgan fingerprint density at radius 3 is 2.19 bits per heavy atom. The number of pyridine rings is 2. The highest BCUT2D eigenvalue weighted by Gasteiger charge is 2.14. The third-order valence-corrected chi connectivity index (χ3v) is 4.97. The van der Waals surface area contributed by atoms with Crippen molar-refractivity contribution >= 4 is 0 Å². The summed E-state index contributed by atoms with van der Waals surface area (Å²) in [5.74, 6) is -0.213. The Morgan fingerprint density at radius 1 is 0.815 bits per heavy atom. The summed E-state index contributed by atoms with van der Waals surface area (Å²) in [7, 11) is 0. The van der Waals surface area contributed by atoms with Crippen LogP contribution in [-0.4, -0.2) is 0 Å². The standard InChI is InChI=1S/C24H29FN2/c1-3-4-5-6-7-15-26-16-12-21(13-17-26)23-14-18-27(19-24(23)25)22-10-8-20(2)9-11-22/h8-14,16-19H,3-7,15H2,1-2H3/q+2. The maximum absolute atomic E-state index is 14.7. The predicted octanol–water partition coefficient (Wildman–Crippen LogP) is 5.34. The van der Waals surface area contributed by atoms with Crippen LogP contribution in [0.3, 0.4) is 0 Å². The van der Waals surface area contributed by atoms with Crippen molar-refractivity contribution in [2.24, 2.45) is 0 Å². The molecule has 0 aliphatic carbocycles. The summed E-state index contributed by atoms with van der Waals surface area (Å²) in [5.41, 5.74) is 3.69. The molecule has 0 amide bonds. The second-order valence-corrected chi connectivity index (χ2v) is 7.19. The van der Waals surface area contributed by atoms with Crippen LogP contribution in [0.5, 0.6) is 0 Å². The van der Waals surface area contributed by atoms with Crippen molar-refractivity contribution in [2.75, 3.05) is 0 Å². The van der Waals surface area contributed by atoms with Gasteiger partial charge in [0.15, 0.2) is 24.4 Å². The van der Waals surface area contributed by atoms with Gasteiger partial charge in [0.25, 0.3) is 0 Å². The molecule has 3 rings (SSSR count). The number of unbranched alkanes of at least 4 members (excludes halogenated alkanes) is 4. The number of aryl methyl sites for hydroxylation is 2. The van der Waals surface area contributed by atoms with Gasteiger partial charge in [0.1, 0.15) is 6.54 Å². The van der Waals surface area contributed by atoms with Crippen LogP contribution < -0.4 is 9.13 Å². The molecule has 0 bridgehead atoms. The second kappa shape index (κ2) is 9.40. The number of hydrogen-bond acceptors (Lipinski definition) is 0. The predicted molar refractivity (Wildman–Crippen MR) is 107 cm³/mol. The average Bonchev–Trinajstić information content (AvgIpc) is 2.69. The first-order valence-electron chi connectivity index (χ1n) is 9.94. The van der Waals surface area contributed by atoms with Gasteiger partial charge in [-0.15, -0.1) is 0 Å². The zero-order chi connectivity index (χ0) is 19.1. The first kappa shape index (κ1) is 19.2. The fourth-order valence-corrected chi connectivity index (χ4v) is 3.26. The van der Waals surface area contributed by atoms with E-state index < -0.39 is 0 Å². The normalized spacial score (nSPS) is 10.9. The van der Waals surface area contributed by atoms with E-state index in [4.69, 9.17) is 0 Å². The number of hydrogen-bond donors (Lipinski definition) is 0. The van der Waals surface area contributed by atoms with Gasteiger partial charge in [0.05, 0.1) is 0 Å². The number of nitrogens with zero attached hydrogens (tertiary/aromatic N) is 2. The van der Waals surface area contributed by atoms with Gasteiger partial charge in [0, 0.05) is 42.3 Å². The van der Waals surface area contributed by atoms with E-state index >= 15 is 0 Å². The molecular weight excluding hydrogens is 335 g/mol. The van der Waals surface area contributed by atoms with Crippen LogP contribution in [-0.2, 0) is 6.54 Å². The zero-order valence-corrected chi connectivity index (χ0v) is 16.4. The van der Waals surface area contributed by atoms with Crippen LogP contribution >= 0.6 is 0 Å². The third-order valence-electron chi connectivity index (χ3n) is 4.97. The Kier molecular flexibility index (Phi) is 6.69. The van der Waals surface area contributed by atoms with Gasteiger partial charge in [-0.3, -0.25) is 0 Å². The lowest BCUT2D eigenvalue weighted by molar-refractivity contribution is -0.697. The summed E-state index contributed by atoms with van der Waals surface area (Å²) in [6.07, 6.45) is 13.9. The van der Waals surface area contributed by atoms with Gasteiger partial charge in [-0.25, -0.2) is 4.57 Å². The molecule has 0 atom stereocenters. The summed E-state index contributed by atoms with van der Waals surface area (Å²) in [5, 5.41) is 0. The topological polar surface area (TPSA) is 7.76 Å². The molecule has 2 nitrogen and oxygen atoms in total.